The van der Waals surface area contributed by atoms with Gasteiger partial charge in [0, 0.05) is 16.3 Å². The third kappa shape index (κ3) is 4.41. The van der Waals surface area contributed by atoms with Gasteiger partial charge in [0.05, 0.1) is 6.61 Å². The number of aryl methyl sites for hydroxylation is 1. The zero-order chi connectivity index (χ0) is 14.4. The Morgan fingerprint density at radius 2 is 1.70 bits per heavy atom. The predicted octanol–water partition coefficient (Wildman–Crippen LogP) is 5.31. The second kappa shape index (κ2) is 6.98. The zero-order valence-electron chi connectivity index (χ0n) is 11.5. The van der Waals surface area contributed by atoms with Gasteiger partial charge in [-0.15, -0.1) is 0 Å². The summed E-state index contributed by atoms with van der Waals surface area (Å²) in [7, 11) is 0. The molecule has 3 nitrogen and oxygen atoms in total. The lowest BCUT2D eigenvalue weighted by Crippen LogP contribution is -1.95. The van der Waals surface area contributed by atoms with Crippen LogP contribution in [0.3, 0.4) is 0 Å². The fraction of sp³-hybridized carbons (Fsp3) is 0.200. The number of hydrogen-bond donors (Lipinski definition) is 0. The minimum Gasteiger partial charge on any atom is -0.417 e. The van der Waals surface area contributed by atoms with Crippen LogP contribution in [0, 0.1) is 6.92 Å². The number of para-hydroxylation sites is 1. The van der Waals surface area contributed by atoms with Gasteiger partial charge in [0.15, 0.2) is 0 Å². The molecule has 0 fully saturated rings. The van der Waals surface area contributed by atoms with Crippen LogP contribution in [-0.4, -0.2) is 6.61 Å². The van der Waals surface area contributed by atoms with Gasteiger partial charge in [0.2, 0.25) is 0 Å². The van der Waals surface area contributed by atoms with E-state index in [2.05, 4.69) is 0 Å². The first-order valence-electron chi connectivity index (χ1n) is 6.37. The van der Waals surface area contributed by atoms with E-state index in [0.717, 1.165) is 21.8 Å². The van der Waals surface area contributed by atoms with E-state index in [0.29, 0.717) is 12.4 Å². The summed E-state index contributed by atoms with van der Waals surface area (Å²) in [4.78, 5) is 0.864. The van der Waals surface area contributed by atoms with Gasteiger partial charge in [-0.25, -0.2) is 4.57 Å². The molecule has 0 amide bonds. The van der Waals surface area contributed by atoms with Gasteiger partial charge in [-0.05, 0) is 38.1 Å². The average molecular weight is 308 g/mol. The van der Waals surface area contributed by atoms with E-state index >= 15 is 0 Å². The normalized spacial score (nSPS) is 13.7. The lowest BCUT2D eigenvalue weighted by atomic mass is 10.2. The first kappa shape index (κ1) is 15.2. The van der Waals surface area contributed by atoms with Gasteiger partial charge in [0.25, 0.3) is 0 Å². The van der Waals surface area contributed by atoms with Crippen molar-refractivity contribution in [3.63, 3.8) is 0 Å². The van der Waals surface area contributed by atoms with Crippen molar-refractivity contribution in [2.24, 2.45) is 0 Å². The first-order valence-corrected chi connectivity index (χ1v) is 9.33. The summed E-state index contributed by atoms with van der Waals surface area (Å²) in [5.74, 6) is 0.545. The van der Waals surface area contributed by atoms with Gasteiger partial charge in [-0.3, -0.25) is 4.52 Å². The fourth-order valence-electron chi connectivity index (χ4n) is 1.57. The van der Waals surface area contributed by atoms with Crippen LogP contribution in [0.25, 0.3) is 0 Å². The standard InChI is InChI=1S/C15H17O3PS/c1-3-17-19(16,18-14-7-5-4-6-8-14)20-15-11-9-13(2)10-12-15/h4-12H,3H2,1-2H3. The first-order chi connectivity index (χ1) is 9.61. The summed E-state index contributed by atoms with van der Waals surface area (Å²) in [5.41, 5.74) is 1.16. The summed E-state index contributed by atoms with van der Waals surface area (Å²) in [6.07, 6.45) is 0. The molecule has 0 heterocycles. The summed E-state index contributed by atoms with van der Waals surface area (Å²) in [6, 6.07) is 16.9. The molecular weight excluding hydrogens is 291 g/mol. The van der Waals surface area contributed by atoms with E-state index in [1.165, 1.54) is 0 Å². The highest BCUT2D eigenvalue weighted by atomic mass is 32.7. The third-order valence-electron chi connectivity index (χ3n) is 2.49. The molecular formula is C15H17O3PS. The second-order valence-corrected chi connectivity index (χ2v) is 8.05. The van der Waals surface area contributed by atoms with E-state index in [9.17, 15) is 4.57 Å². The molecule has 2 rings (SSSR count). The molecule has 20 heavy (non-hydrogen) atoms. The van der Waals surface area contributed by atoms with Gasteiger partial charge in [-0.2, -0.15) is 0 Å². The molecule has 1 unspecified atom stereocenters. The fourth-order valence-corrected chi connectivity index (χ4v) is 4.91. The van der Waals surface area contributed by atoms with Crippen LogP contribution in [0.15, 0.2) is 59.5 Å². The molecule has 0 aliphatic carbocycles. The highest BCUT2D eigenvalue weighted by molar-refractivity contribution is 8.55. The second-order valence-electron chi connectivity index (χ2n) is 4.17. The van der Waals surface area contributed by atoms with E-state index < -0.39 is 6.80 Å². The highest BCUT2D eigenvalue weighted by Gasteiger charge is 2.28. The van der Waals surface area contributed by atoms with Crippen molar-refractivity contribution < 1.29 is 13.6 Å². The molecule has 1 atom stereocenters. The largest absolute Gasteiger partial charge is 0.444 e. The van der Waals surface area contributed by atoms with Crippen LogP contribution in [0.5, 0.6) is 5.75 Å². The molecule has 0 aliphatic heterocycles. The van der Waals surface area contributed by atoms with Crippen molar-refractivity contribution in [2.45, 2.75) is 18.7 Å². The highest BCUT2D eigenvalue weighted by Crippen LogP contribution is 2.62. The van der Waals surface area contributed by atoms with Crippen LogP contribution in [-0.2, 0) is 9.09 Å². The molecule has 0 radical (unpaired) electrons. The Morgan fingerprint density at radius 3 is 2.30 bits per heavy atom. The van der Waals surface area contributed by atoms with Crippen LogP contribution < -0.4 is 4.52 Å². The maximum atomic E-state index is 12.8. The Morgan fingerprint density at radius 1 is 1.05 bits per heavy atom. The Balaban J connectivity index is 2.16. The van der Waals surface area contributed by atoms with E-state index in [1.54, 1.807) is 19.1 Å². The number of benzene rings is 2. The van der Waals surface area contributed by atoms with Gasteiger partial charge in [0.1, 0.15) is 5.75 Å². The maximum Gasteiger partial charge on any atom is 0.444 e. The number of rotatable bonds is 6. The van der Waals surface area contributed by atoms with Gasteiger partial charge in [-0.1, -0.05) is 35.9 Å². The summed E-state index contributed by atoms with van der Waals surface area (Å²) in [5, 5.41) is 0. The van der Waals surface area contributed by atoms with Crippen molar-refractivity contribution in [3.8, 4) is 5.75 Å². The maximum absolute atomic E-state index is 12.8. The Bertz CT molecular complexity index is 584. The van der Waals surface area contributed by atoms with Crippen molar-refractivity contribution in [3.05, 3.63) is 60.2 Å². The van der Waals surface area contributed by atoms with Gasteiger partial charge < -0.3 is 4.52 Å². The van der Waals surface area contributed by atoms with Crippen molar-refractivity contribution >= 4 is 18.2 Å². The number of hydrogen-bond acceptors (Lipinski definition) is 4. The Hall–Kier alpha value is -1.22. The molecule has 0 N–H and O–H groups in total. The topological polar surface area (TPSA) is 35.5 Å². The lowest BCUT2D eigenvalue weighted by molar-refractivity contribution is 0.296. The monoisotopic (exact) mass is 308 g/mol. The van der Waals surface area contributed by atoms with Crippen molar-refractivity contribution in [2.75, 3.05) is 6.61 Å². The van der Waals surface area contributed by atoms with Crippen molar-refractivity contribution in [1.82, 2.24) is 0 Å². The third-order valence-corrected chi connectivity index (χ3v) is 6.04. The van der Waals surface area contributed by atoms with Crippen LogP contribution >= 0.6 is 18.2 Å². The molecule has 2 aromatic carbocycles. The minimum absolute atomic E-state index is 0.336. The van der Waals surface area contributed by atoms with E-state index in [-0.39, 0.29) is 0 Å². The SMILES string of the molecule is CCOP(=O)(Oc1ccccc1)Sc1ccc(C)cc1. The zero-order valence-corrected chi connectivity index (χ0v) is 13.2. The molecule has 0 bridgehead atoms. The average Bonchev–Trinajstić information content (AvgIpc) is 2.42. The molecule has 0 saturated carbocycles. The summed E-state index contributed by atoms with van der Waals surface area (Å²) < 4.78 is 23.7. The molecule has 0 aromatic heterocycles. The van der Waals surface area contributed by atoms with Crippen LogP contribution in [0.4, 0.5) is 0 Å². The molecule has 0 saturated heterocycles. The summed E-state index contributed by atoms with van der Waals surface area (Å²) in [6.45, 7) is 0.888. The van der Waals surface area contributed by atoms with E-state index in [1.807, 2.05) is 49.4 Å². The molecule has 106 valence electrons. The van der Waals surface area contributed by atoms with Crippen molar-refractivity contribution in [1.29, 1.82) is 0 Å². The Labute approximate surface area is 123 Å². The molecule has 0 spiro atoms. The minimum atomic E-state index is -3.26. The lowest BCUT2D eigenvalue weighted by Gasteiger charge is -2.17. The smallest absolute Gasteiger partial charge is 0.417 e. The summed E-state index contributed by atoms with van der Waals surface area (Å²) >= 11 is 1.13. The quantitative estimate of drug-likeness (QED) is 0.677. The molecule has 2 aromatic rings. The van der Waals surface area contributed by atoms with Crippen LogP contribution in [0.2, 0.25) is 0 Å². The van der Waals surface area contributed by atoms with Gasteiger partial charge >= 0.3 is 6.80 Å². The molecule has 5 heteroatoms. The predicted molar refractivity (Wildman–Crippen MR) is 83.3 cm³/mol. The van der Waals surface area contributed by atoms with Crippen LogP contribution in [0.1, 0.15) is 12.5 Å². The van der Waals surface area contributed by atoms with E-state index in [4.69, 9.17) is 9.05 Å². The Kier molecular flexibility index (Phi) is 5.30. The molecule has 0 aliphatic rings.